The average Bonchev–Trinajstić information content (AvgIpc) is 2.49. The van der Waals surface area contributed by atoms with E-state index >= 15 is 0 Å². The second-order valence-corrected chi connectivity index (χ2v) is 4.35. The zero-order valence-electron chi connectivity index (χ0n) is 11.7. The molecule has 0 atom stereocenters. The molecule has 0 fully saturated rings. The van der Waals surface area contributed by atoms with Gasteiger partial charge >= 0.3 is 5.97 Å². The third-order valence-electron chi connectivity index (χ3n) is 2.91. The van der Waals surface area contributed by atoms with E-state index in [2.05, 4.69) is 6.92 Å². The Hall–Kier alpha value is -1.97. The number of rotatable bonds is 4. The van der Waals surface area contributed by atoms with Crippen LogP contribution < -0.4 is 0 Å². The maximum atomic E-state index is 11.9. The van der Waals surface area contributed by atoms with Crippen LogP contribution in [0.1, 0.15) is 16.7 Å². The van der Waals surface area contributed by atoms with Crippen LogP contribution >= 0.6 is 0 Å². The molecule has 0 aliphatic heterocycles. The van der Waals surface area contributed by atoms with Crippen molar-refractivity contribution in [3.05, 3.63) is 90.2 Å². The largest absolute Gasteiger partial charge is 0.466 e. The molecular weight excluding hydrogens is 307 g/mol. The van der Waals surface area contributed by atoms with Crippen molar-refractivity contribution < 1.29 is 26.3 Å². The van der Waals surface area contributed by atoms with Crippen LogP contribution in [0.2, 0.25) is 0 Å². The minimum atomic E-state index is -0.364. The zero-order chi connectivity index (χ0) is 14.4. The molecule has 0 aliphatic rings. The fraction of sp³-hybridized carbons (Fsp3) is 0.0556. The Kier molecular flexibility index (Phi) is 6.79. The first-order valence-electron chi connectivity index (χ1n) is 6.31. The third kappa shape index (κ3) is 4.81. The number of esters is 1. The quantitative estimate of drug-likeness (QED) is 0.487. The van der Waals surface area contributed by atoms with E-state index in [0.29, 0.717) is 5.57 Å². The van der Waals surface area contributed by atoms with E-state index in [4.69, 9.17) is 4.74 Å². The molecule has 2 nitrogen and oxygen atoms in total. The predicted octanol–water partition coefficient (Wildman–Crippen LogP) is 3.68. The SMILES string of the molecule is [CH2-]c1ccccc1/C=C(\[CH]c1ccccc1)C(=O)OC.[Co]. The van der Waals surface area contributed by atoms with Gasteiger partial charge in [0.05, 0.1) is 7.11 Å². The fourth-order valence-corrected chi connectivity index (χ4v) is 1.85. The Morgan fingerprint density at radius 3 is 2.29 bits per heavy atom. The van der Waals surface area contributed by atoms with Crippen molar-refractivity contribution in [3.63, 3.8) is 0 Å². The second-order valence-electron chi connectivity index (χ2n) is 4.35. The van der Waals surface area contributed by atoms with E-state index in [9.17, 15) is 4.79 Å². The van der Waals surface area contributed by atoms with Crippen molar-refractivity contribution in [1.29, 1.82) is 0 Å². The summed E-state index contributed by atoms with van der Waals surface area (Å²) in [5, 5.41) is 0. The maximum absolute atomic E-state index is 11.9. The molecule has 0 aliphatic carbocycles. The molecule has 0 N–H and O–H groups in total. The molecule has 0 saturated carbocycles. The molecule has 0 unspecified atom stereocenters. The summed E-state index contributed by atoms with van der Waals surface area (Å²) in [5.41, 5.74) is 3.22. The molecule has 0 amide bonds. The molecule has 0 saturated heterocycles. The van der Waals surface area contributed by atoms with Crippen LogP contribution in [0.3, 0.4) is 0 Å². The van der Waals surface area contributed by atoms with Crippen LogP contribution in [0.5, 0.6) is 0 Å². The molecule has 0 bridgehead atoms. The summed E-state index contributed by atoms with van der Waals surface area (Å²) in [6.45, 7) is 3.96. The molecule has 2 aromatic carbocycles. The molecule has 2 aromatic rings. The molecule has 21 heavy (non-hydrogen) atoms. The van der Waals surface area contributed by atoms with E-state index in [-0.39, 0.29) is 22.7 Å². The van der Waals surface area contributed by atoms with Crippen LogP contribution in [0.4, 0.5) is 0 Å². The Balaban J connectivity index is 0.00000220. The van der Waals surface area contributed by atoms with Crippen molar-refractivity contribution in [2.75, 3.05) is 7.11 Å². The molecule has 0 aromatic heterocycles. The van der Waals surface area contributed by atoms with E-state index in [1.807, 2.05) is 54.6 Å². The molecular formula is C18H16CoO2-. The topological polar surface area (TPSA) is 26.3 Å². The van der Waals surface area contributed by atoms with E-state index in [0.717, 1.165) is 16.7 Å². The van der Waals surface area contributed by atoms with E-state index < -0.39 is 0 Å². The number of benzene rings is 2. The summed E-state index contributed by atoms with van der Waals surface area (Å²) in [6.07, 6.45) is 3.60. The summed E-state index contributed by atoms with van der Waals surface area (Å²) in [6, 6.07) is 17.3. The molecule has 2 rings (SSSR count). The van der Waals surface area contributed by atoms with Crippen LogP contribution in [0.15, 0.2) is 60.2 Å². The normalized spacial score (nSPS) is 10.6. The minimum absolute atomic E-state index is 0. The van der Waals surface area contributed by atoms with Crippen LogP contribution in [0, 0.1) is 13.3 Å². The number of carbonyl (C=O) groups excluding carboxylic acids is 1. The first-order chi connectivity index (χ1) is 9.70. The number of methoxy groups -OCH3 is 1. The minimum Gasteiger partial charge on any atom is -0.466 e. The zero-order valence-corrected chi connectivity index (χ0v) is 12.7. The summed E-state index contributed by atoms with van der Waals surface area (Å²) in [4.78, 5) is 11.9. The van der Waals surface area contributed by atoms with Crippen molar-refractivity contribution in [1.82, 2.24) is 0 Å². The molecule has 3 heteroatoms. The Morgan fingerprint density at radius 2 is 1.67 bits per heavy atom. The van der Waals surface area contributed by atoms with Gasteiger partial charge in [-0.05, 0) is 5.56 Å². The molecule has 0 heterocycles. The van der Waals surface area contributed by atoms with Crippen molar-refractivity contribution in [2.24, 2.45) is 0 Å². The van der Waals surface area contributed by atoms with E-state index in [1.54, 1.807) is 12.5 Å². The van der Waals surface area contributed by atoms with Gasteiger partial charge in [0.1, 0.15) is 0 Å². The van der Waals surface area contributed by atoms with Gasteiger partial charge in [0.25, 0.3) is 0 Å². The van der Waals surface area contributed by atoms with Gasteiger partial charge in [0.2, 0.25) is 0 Å². The standard InChI is InChI=1S/C18H16O2.Co/c1-14-8-6-7-11-16(14)13-17(18(19)20-2)12-15-9-4-3-5-10-15;/h3-13H,1H2,2H3;/q-1;/b17-13+;. The van der Waals surface area contributed by atoms with Gasteiger partial charge in [-0.1, -0.05) is 42.5 Å². The van der Waals surface area contributed by atoms with Crippen molar-refractivity contribution in [2.45, 2.75) is 0 Å². The average molecular weight is 323 g/mol. The summed E-state index contributed by atoms with van der Waals surface area (Å²) < 4.78 is 4.84. The monoisotopic (exact) mass is 323 g/mol. The molecule has 2 radical (unpaired) electrons. The smallest absolute Gasteiger partial charge is 0.333 e. The molecule has 110 valence electrons. The van der Waals surface area contributed by atoms with Gasteiger partial charge in [-0.2, -0.15) is 18.6 Å². The van der Waals surface area contributed by atoms with Crippen molar-refractivity contribution >= 4 is 12.0 Å². The summed E-state index contributed by atoms with van der Waals surface area (Å²) in [7, 11) is 1.38. The van der Waals surface area contributed by atoms with Gasteiger partial charge in [-0.25, -0.2) is 4.79 Å². The Bertz CT molecular complexity index is 618. The van der Waals surface area contributed by atoms with Gasteiger partial charge in [-0.3, -0.25) is 0 Å². The first-order valence-corrected chi connectivity index (χ1v) is 6.31. The Morgan fingerprint density at radius 1 is 1.05 bits per heavy atom. The van der Waals surface area contributed by atoms with E-state index in [1.165, 1.54) is 7.11 Å². The maximum Gasteiger partial charge on any atom is 0.333 e. The predicted molar refractivity (Wildman–Crippen MR) is 80.7 cm³/mol. The van der Waals surface area contributed by atoms with Gasteiger partial charge in [-0.15, -0.1) is 17.7 Å². The van der Waals surface area contributed by atoms with Crippen LogP contribution in [-0.2, 0) is 26.3 Å². The number of ether oxygens (including phenoxy) is 1. The Labute approximate surface area is 136 Å². The summed E-state index contributed by atoms with van der Waals surface area (Å²) >= 11 is 0. The second kappa shape index (κ2) is 8.34. The van der Waals surface area contributed by atoms with Gasteiger partial charge in [0, 0.05) is 28.8 Å². The van der Waals surface area contributed by atoms with Gasteiger partial charge < -0.3 is 4.74 Å². The third-order valence-corrected chi connectivity index (χ3v) is 2.91. The number of hydrogen-bond acceptors (Lipinski definition) is 2. The molecule has 0 spiro atoms. The number of carbonyl (C=O) groups is 1. The van der Waals surface area contributed by atoms with Gasteiger partial charge in [0.15, 0.2) is 0 Å². The first kappa shape index (κ1) is 17.1. The van der Waals surface area contributed by atoms with Crippen molar-refractivity contribution in [3.8, 4) is 0 Å². The summed E-state index contributed by atoms with van der Waals surface area (Å²) in [5.74, 6) is -0.364. The fourth-order valence-electron chi connectivity index (χ4n) is 1.85. The van der Waals surface area contributed by atoms with Crippen LogP contribution in [-0.4, -0.2) is 13.1 Å². The van der Waals surface area contributed by atoms with Crippen LogP contribution in [0.25, 0.3) is 6.08 Å². The number of hydrogen-bond donors (Lipinski definition) is 0.